The number of benzene rings is 3. The van der Waals surface area contributed by atoms with E-state index in [1.54, 1.807) is 0 Å². The van der Waals surface area contributed by atoms with Crippen molar-refractivity contribution in [2.75, 3.05) is 6.61 Å². The van der Waals surface area contributed by atoms with E-state index >= 15 is 0 Å². The van der Waals surface area contributed by atoms with Crippen molar-refractivity contribution >= 4 is 10.8 Å². The monoisotopic (exact) mass is 278 g/mol. The van der Waals surface area contributed by atoms with E-state index in [9.17, 15) is 4.39 Å². The summed E-state index contributed by atoms with van der Waals surface area (Å²) in [6.07, 6.45) is 0.910. The molecule has 4 rings (SSSR count). The minimum atomic E-state index is -0.198. The zero-order valence-corrected chi connectivity index (χ0v) is 11.6. The first-order chi connectivity index (χ1) is 10.3. The third-order valence-corrected chi connectivity index (χ3v) is 4.14. The van der Waals surface area contributed by atoms with Crippen molar-refractivity contribution in [1.82, 2.24) is 0 Å². The van der Waals surface area contributed by atoms with Gasteiger partial charge >= 0.3 is 0 Å². The highest BCUT2D eigenvalue weighted by Crippen LogP contribution is 2.36. The molecule has 1 heterocycles. The average molecular weight is 278 g/mol. The summed E-state index contributed by atoms with van der Waals surface area (Å²) in [5, 5.41) is 2.44. The van der Waals surface area contributed by atoms with Crippen LogP contribution in [-0.2, 0) is 17.8 Å². The van der Waals surface area contributed by atoms with Gasteiger partial charge in [0, 0.05) is 0 Å². The number of rotatable bonds is 1. The molecule has 2 heteroatoms. The van der Waals surface area contributed by atoms with E-state index in [1.165, 1.54) is 39.6 Å². The molecule has 0 aliphatic carbocycles. The highest BCUT2D eigenvalue weighted by molar-refractivity contribution is 5.99. The second kappa shape index (κ2) is 4.97. The van der Waals surface area contributed by atoms with Gasteiger partial charge in [0.2, 0.25) is 0 Å². The molecule has 1 aliphatic heterocycles. The first-order valence-corrected chi connectivity index (χ1v) is 7.20. The molecule has 3 aromatic carbocycles. The molecule has 0 saturated heterocycles. The molecule has 1 nitrogen and oxygen atoms in total. The van der Waals surface area contributed by atoms with Gasteiger partial charge in [-0.2, -0.15) is 0 Å². The van der Waals surface area contributed by atoms with Crippen molar-refractivity contribution in [3.8, 4) is 11.1 Å². The quantitative estimate of drug-likeness (QED) is 0.626. The molecule has 0 fully saturated rings. The normalized spacial score (nSPS) is 14.1. The van der Waals surface area contributed by atoms with Crippen LogP contribution < -0.4 is 0 Å². The Morgan fingerprint density at radius 1 is 0.952 bits per heavy atom. The number of fused-ring (bicyclic) bond motifs is 2. The number of hydrogen-bond donors (Lipinski definition) is 0. The maximum Gasteiger partial charge on any atom is 0.123 e. The highest BCUT2D eigenvalue weighted by atomic mass is 19.1. The van der Waals surface area contributed by atoms with E-state index in [0.29, 0.717) is 6.61 Å². The molecule has 0 saturated carbocycles. The molecule has 0 unspecified atom stereocenters. The lowest BCUT2D eigenvalue weighted by Gasteiger charge is -2.22. The van der Waals surface area contributed by atoms with Gasteiger partial charge in [0.05, 0.1) is 13.2 Å². The fourth-order valence-electron chi connectivity index (χ4n) is 3.17. The Kier molecular flexibility index (Phi) is 2.97. The van der Waals surface area contributed by atoms with E-state index in [2.05, 4.69) is 24.3 Å². The Hall–Kier alpha value is -2.19. The first kappa shape index (κ1) is 12.5. The van der Waals surface area contributed by atoms with Gasteiger partial charge in [-0.1, -0.05) is 36.4 Å². The summed E-state index contributed by atoms with van der Waals surface area (Å²) >= 11 is 0. The van der Waals surface area contributed by atoms with Crippen molar-refractivity contribution in [3.05, 3.63) is 71.5 Å². The van der Waals surface area contributed by atoms with Crippen molar-refractivity contribution in [2.24, 2.45) is 0 Å². The van der Waals surface area contributed by atoms with E-state index in [4.69, 9.17) is 4.74 Å². The van der Waals surface area contributed by atoms with Crippen LogP contribution in [0.15, 0.2) is 54.6 Å². The molecule has 1 aliphatic rings. The van der Waals surface area contributed by atoms with Crippen LogP contribution in [0.1, 0.15) is 11.1 Å². The summed E-state index contributed by atoms with van der Waals surface area (Å²) < 4.78 is 18.8. The molecule has 0 atom stereocenters. The van der Waals surface area contributed by atoms with Gasteiger partial charge in [0.15, 0.2) is 0 Å². The summed E-state index contributed by atoms with van der Waals surface area (Å²) in [6, 6.07) is 17.4. The summed E-state index contributed by atoms with van der Waals surface area (Å²) in [5.41, 5.74) is 4.89. The van der Waals surface area contributed by atoms with Crippen LogP contribution >= 0.6 is 0 Å². The van der Waals surface area contributed by atoms with Gasteiger partial charge < -0.3 is 4.74 Å². The van der Waals surface area contributed by atoms with E-state index < -0.39 is 0 Å². The van der Waals surface area contributed by atoms with Crippen LogP contribution in [0, 0.1) is 5.82 Å². The minimum absolute atomic E-state index is 0.198. The van der Waals surface area contributed by atoms with Crippen LogP contribution in [0.3, 0.4) is 0 Å². The second-order valence-corrected chi connectivity index (χ2v) is 5.42. The van der Waals surface area contributed by atoms with E-state index in [0.717, 1.165) is 18.6 Å². The largest absolute Gasteiger partial charge is 0.376 e. The van der Waals surface area contributed by atoms with Crippen LogP contribution in [0.2, 0.25) is 0 Å². The molecule has 0 radical (unpaired) electrons. The second-order valence-electron chi connectivity index (χ2n) is 5.42. The third kappa shape index (κ3) is 2.12. The van der Waals surface area contributed by atoms with Gasteiger partial charge in [-0.05, 0) is 57.6 Å². The summed E-state index contributed by atoms with van der Waals surface area (Å²) in [6.45, 7) is 1.41. The predicted octanol–water partition coefficient (Wildman–Crippen LogP) is 4.72. The number of halogens is 1. The standard InChI is InChI=1S/C19H15FO/c20-16-7-5-13(6-8-16)19-17-4-2-1-3-14(17)11-15-12-21-10-9-18(15)19/h1-8,11H,9-10,12H2. The predicted molar refractivity (Wildman–Crippen MR) is 82.7 cm³/mol. The Morgan fingerprint density at radius 3 is 2.62 bits per heavy atom. The van der Waals surface area contributed by atoms with Crippen LogP contribution in [0.5, 0.6) is 0 Å². The highest BCUT2D eigenvalue weighted by Gasteiger charge is 2.17. The Bertz CT molecular complexity index is 806. The lowest BCUT2D eigenvalue weighted by molar-refractivity contribution is 0.111. The van der Waals surface area contributed by atoms with Crippen molar-refractivity contribution < 1.29 is 9.13 Å². The molecular weight excluding hydrogens is 263 g/mol. The van der Waals surface area contributed by atoms with Gasteiger partial charge in [0.1, 0.15) is 5.82 Å². The van der Waals surface area contributed by atoms with Gasteiger partial charge in [-0.25, -0.2) is 4.39 Å². The summed E-state index contributed by atoms with van der Waals surface area (Å²) in [7, 11) is 0. The average Bonchev–Trinajstić information content (AvgIpc) is 2.53. The lowest BCUT2D eigenvalue weighted by atomic mass is 9.88. The van der Waals surface area contributed by atoms with Gasteiger partial charge in [-0.3, -0.25) is 0 Å². The molecule has 0 aromatic heterocycles. The van der Waals surface area contributed by atoms with Crippen LogP contribution in [0.25, 0.3) is 21.9 Å². The van der Waals surface area contributed by atoms with Crippen LogP contribution in [-0.4, -0.2) is 6.61 Å². The zero-order chi connectivity index (χ0) is 14.2. The van der Waals surface area contributed by atoms with Crippen LogP contribution in [0.4, 0.5) is 4.39 Å². The van der Waals surface area contributed by atoms with Gasteiger partial charge in [0.25, 0.3) is 0 Å². The molecule has 0 amide bonds. The Labute approximate surface area is 123 Å². The zero-order valence-electron chi connectivity index (χ0n) is 11.6. The maximum absolute atomic E-state index is 13.2. The topological polar surface area (TPSA) is 9.23 Å². The van der Waals surface area contributed by atoms with Crippen molar-refractivity contribution in [2.45, 2.75) is 13.0 Å². The fourth-order valence-corrected chi connectivity index (χ4v) is 3.17. The third-order valence-electron chi connectivity index (χ3n) is 4.14. The Balaban J connectivity index is 2.07. The smallest absolute Gasteiger partial charge is 0.123 e. The first-order valence-electron chi connectivity index (χ1n) is 7.20. The van der Waals surface area contributed by atoms with Crippen molar-refractivity contribution in [3.63, 3.8) is 0 Å². The fraction of sp³-hybridized carbons (Fsp3) is 0.158. The van der Waals surface area contributed by atoms with E-state index in [-0.39, 0.29) is 5.82 Å². The number of hydrogen-bond acceptors (Lipinski definition) is 1. The number of ether oxygens (including phenoxy) is 1. The SMILES string of the molecule is Fc1ccc(-c2c3c(cc4ccccc24)COCC3)cc1. The molecule has 21 heavy (non-hydrogen) atoms. The molecule has 0 spiro atoms. The Morgan fingerprint density at radius 2 is 1.76 bits per heavy atom. The summed E-state index contributed by atoms with van der Waals surface area (Å²) in [5.74, 6) is -0.198. The van der Waals surface area contributed by atoms with Crippen molar-refractivity contribution in [1.29, 1.82) is 0 Å². The van der Waals surface area contributed by atoms with E-state index in [1.807, 2.05) is 18.2 Å². The minimum Gasteiger partial charge on any atom is -0.376 e. The molecule has 0 N–H and O–H groups in total. The maximum atomic E-state index is 13.2. The lowest BCUT2D eigenvalue weighted by Crippen LogP contribution is -2.11. The van der Waals surface area contributed by atoms with Gasteiger partial charge in [-0.15, -0.1) is 0 Å². The molecule has 104 valence electrons. The molecular formula is C19H15FO. The molecule has 0 bridgehead atoms. The molecule has 3 aromatic rings. The summed E-state index contributed by atoms with van der Waals surface area (Å²) in [4.78, 5) is 0.